The van der Waals surface area contributed by atoms with Gasteiger partial charge in [0.1, 0.15) is 9.75 Å². The van der Waals surface area contributed by atoms with Crippen LogP contribution >= 0.6 is 11.3 Å². The summed E-state index contributed by atoms with van der Waals surface area (Å²) in [5.74, 6) is -0.497. The summed E-state index contributed by atoms with van der Waals surface area (Å²) in [5, 5.41) is 2.77. The highest BCUT2D eigenvalue weighted by atomic mass is 32.2. The van der Waals surface area contributed by atoms with E-state index in [4.69, 9.17) is 4.74 Å². The second-order valence-corrected chi connectivity index (χ2v) is 11.0. The van der Waals surface area contributed by atoms with E-state index in [-0.39, 0.29) is 10.5 Å². The molecule has 4 rings (SSSR count). The van der Waals surface area contributed by atoms with E-state index < -0.39 is 20.6 Å². The monoisotopic (exact) mass is 468 g/mol. The SMILES string of the molecule is COC(=O)c1ccc2cc(-c3csc(C(C)(C)S(=O)(=O)c4ccccc4)n3)c(=O)[nH]c2c1. The fraction of sp³-hybridized carbons (Fsp3) is 0.174. The van der Waals surface area contributed by atoms with Gasteiger partial charge in [-0.2, -0.15) is 0 Å². The van der Waals surface area contributed by atoms with Gasteiger partial charge in [-0.15, -0.1) is 11.3 Å². The van der Waals surface area contributed by atoms with E-state index in [0.29, 0.717) is 32.7 Å². The lowest BCUT2D eigenvalue weighted by Crippen LogP contribution is -2.29. The highest BCUT2D eigenvalue weighted by Gasteiger charge is 2.40. The number of nitrogens with one attached hydrogen (secondary N) is 1. The van der Waals surface area contributed by atoms with Crippen LogP contribution in [-0.2, 0) is 19.3 Å². The minimum Gasteiger partial charge on any atom is -0.465 e. The van der Waals surface area contributed by atoms with Gasteiger partial charge in [0.25, 0.3) is 5.56 Å². The fourth-order valence-corrected chi connectivity index (χ4v) is 6.01. The number of fused-ring (bicyclic) bond motifs is 1. The molecule has 0 atom stereocenters. The predicted molar refractivity (Wildman–Crippen MR) is 124 cm³/mol. The third-order valence-corrected chi connectivity index (χ3v) is 9.01. The average molecular weight is 469 g/mol. The largest absolute Gasteiger partial charge is 0.465 e. The highest BCUT2D eigenvalue weighted by Crippen LogP contribution is 2.37. The summed E-state index contributed by atoms with van der Waals surface area (Å²) in [6.45, 7) is 3.22. The van der Waals surface area contributed by atoms with Gasteiger partial charge in [0.05, 0.1) is 28.8 Å². The first-order valence-electron chi connectivity index (χ1n) is 9.66. The Bertz CT molecular complexity index is 1490. The van der Waals surface area contributed by atoms with Crippen molar-refractivity contribution in [3.63, 3.8) is 0 Å². The lowest BCUT2D eigenvalue weighted by atomic mass is 10.1. The molecule has 0 aliphatic rings. The fourth-order valence-electron chi connectivity index (χ4n) is 3.32. The van der Waals surface area contributed by atoms with Crippen LogP contribution in [0, 0.1) is 0 Å². The molecule has 0 radical (unpaired) electrons. The van der Waals surface area contributed by atoms with Gasteiger partial charge in [0.15, 0.2) is 9.84 Å². The van der Waals surface area contributed by atoms with E-state index in [1.807, 2.05) is 0 Å². The van der Waals surface area contributed by atoms with E-state index >= 15 is 0 Å². The predicted octanol–water partition coefficient (Wildman–Crippen LogP) is 4.15. The number of esters is 1. The summed E-state index contributed by atoms with van der Waals surface area (Å²) < 4.78 is 29.9. The molecule has 164 valence electrons. The smallest absolute Gasteiger partial charge is 0.337 e. The maximum atomic E-state index is 13.2. The van der Waals surface area contributed by atoms with Gasteiger partial charge in [0, 0.05) is 10.9 Å². The van der Waals surface area contributed by atoms with Gasteiger partial charge >= 0.3 is 5.97 Å². The Labute approximate surface area is 188 Å². The highest BCUT2D eigenvalue weighted by molar-refractivity contribution is 7.92. The standard InChI is InChI=1S/C23H20N2O5S2/c1-23(2,32(28,29)16-7-5-4-6-8-16)22-25-19(13-31-22)17-11-14-9-10-15(21(27)30-3)12-18(14)24-20(17)26/h4-13H,1-3H3,(H,24,26). The number of pyridine rings is 1. The molecule has 0 unspecified atom stereocenters. The summed E-state index contributed by atoms with van der Waals surface area (Å²) in [7, 11) is -2.41. The normalized spacial score (nSPS) is 12.1. The number of H-pyrrole nitrogens is 1. The van der Waals surface area contributed by atoms with Crippen LogP contribution in [0.15, 0.2) is 69.7 Å². The van der Waals surface area contributed by atoms with Crippen molar-refractivity contribution in [1.82, 2.24) is 9.97 Å². The van der Waals surface area contributed by atoms with Crippen molar-refractivity contribution in [3.8, 4) is 11.3 Å². The molecule has 0 amide bonds. The number of nitrogens with zero attached hydrogens (tertiary/aromatic N) is 1. The maximum absolute atomic E-state index is 13.2. The molecular formula is C23H20N2O5S2. The van der Waals surface area contributed by atoms with Crippen LogP contribution in [-0.4, -0.2) is 31.5 Å². The first kappa shape index (κ1) is 21.9. The minimum absolute atomic E-state index is 0.215. The molecule has 0 fully saturated rings. The molecule has 0 saturated carbocycles. The van der Waals surface area contributed by atoms with Crippen molar-refractivity contribution in [2.75, 3.05) is 7.11 Å². The van der Waals surface area contributed by atoms with Crippen molar-refractivity contribution < 1.29 is 17.9 Å². The molecule has 0 spiro atoms. The zero-order valence-electron chi connectivity index (χ0n) is 17.6. The molecule has 32 heavy (non-hydrogen) atoms. The quantitative estimate of drug-likeness (QED) is 0.441. The zero-order chi connectivity index (χ0) is 23.1. The van der Waals surface area contributed by atoms with E-state index in [1.54, 1.807) is 73.8 Å². The Morgan fingerprint density at radius 3 is 2.50 bits per heavy atom. The molecular weight excluding hydrogens is 448 g/mol. The number of rotatable bonds is 5. The van der Waals surface area contributed by atoms with Crippen LogP contribution in [0.2, 0.25) is 0 Å². The molecule has 7 nitrogen and oxygen atoms in total. The number of methoxy groups -OCH3 is 1. The van der Waals surface area contributed by atoms with Crippen LogP contribution in [0.3, 0.4) is 0 Å². The molecule has 0 saturated heterocycles. The summed E-state index contributed by atoms with van der Waals surface area (Å²) in [4.78, 5) is 32.0. The van der Waals surface area contributed by atoms with E-state index in [1.165, 1.54) is 18.4 Å². The Hall–Kier alpha value is -3.30. The Balaban J connectivity index is 1.75. The number of sulfone groups is 1. The first-order chi connectivity index (χ1) is 15.1. The van der Waals surface area contributed by atoms with Gasteiger partial charge in [0.2, 0.25) is 0 Å². The number of carbonyl (C=O) groups is 1. The second kappa shape index (κ2) is 7.99. The van der Waals surface area contributed by atoms with Crippen molar-refractivity contribution in [2.24, 2.45) is 0 Å². The van der Waals surface area contributed by atoms with Gasteiger partial charge in [-0.1, -0.05) is 24.3 Å². The number of thiazole rings is 1. The van der Waals surface area contributed by atoms with Gasteiger partial charge in [-0.25, -0.2) is 18.2 Å². The van der Waals surface area contributed by atoms with Crippen LogP contribution < -0.4 is 5.56 Å². The van der Waals surface area contributed by atoms with Gasteiger partial charge in [-0.3, -0.25) is 4.79 Å². The summed E-state index contributed by atoms with van der Waals surface area (Å²) in [6, 6.07) is 14.8. The number of benzene rings is 2. The van der Waals surface area contributed by atoms with Crippen molar-refractivity contribution in [2.45, 2.75) is 23.5 Å². The van der Waals surface area contributed by atoms with Crippen LogP contribution in [0.4, 0.5) is 0 Å². The molecule has 4 aromatic rings. The Morgan fingerprint density at radius 2 is 1.81 bits per heavy atom. The number of hydrogen-bond donors (Lipinski definition) is 1. The van der Waals surface area contributed by atoms with Crippen LogP contribution in [0.5, 0.6) is 0 Å². The molecule has 2 heterocycles. The minimum atomic E-state index is -3.70. The zero-order valence-corrected chi connectivity index (χ0v) is 19.2. The lowest BCUT2D eigenvalue weighted by Gasteiger charge is -2.22. The van der Waals surface area contributed by atoms with Crippen LogP contribution in [0.1, 0.15) is 29.2 Å². The molecule has 9 heteroatoms. The second-order valence-electron chi connectivity index (χ2n) is 7.67. The number of carbonyl (C=O) groups excluding carboxylic acids is 1. The molecule has 1 N–H and O–H groups in total. The maximum Gasteiger partial charge on any atom is 0.337 e. The molecule has 2 aromatic heterocycles. The van der Waals surface area contributed by atoms with Crippen LogP contribution in [0.25, 0.3) is 22.2 Å². The van der Waals surface area contributed by atoms with Crippen molar-refractivity contribution in [1.29, 1.82) is 0 Å². The van der Waals surface area contributed by atoms with Crippen molar-refractivity contribution >= 4 is 38.0 Å². The Morgan fingerprint density at radius 1 is 1.09 bits per heavy atom. The molecule has 0 bridgehead atoms. The molecule has 2 aromatic carbocycles. The summed E-state index contributed by atoms with van der Waals surface area (Å²) >= 11 is 1.19. The van der Waals surface area contributed by atoms with Gasteiger partial charge < -0.3 is 9.72 Å². The molecule has 0 aliphatic carbocycles. The number of hydrogen-bond acceptors (Lipinski definition) is 7. The average Bonchev–Trinajstić information content (AvgIpc) is 3.29. The van der Waals surface area contributed by atoms with Crippen molar-refractivity contribution in [3.05, 3.63) is 80.9 Å². The third kappa shape index (κ3) is 3.63. The summed E-state index contributed by atoms with van der Waals surface area (Å²) in [6.07, 6.45) is 0. The lowest BCUT2D eigenvalue weighted by molar-refractivity contribution is 0.0601. The topological polar surface area (TPSA) is 106 Å². The summed E-state index contributed by atoms with van der Waals surface area (Å²) in [5.41, 5.74) is 1.14. The first-order valence-corrected chi connectivity index (χ1v) is 12.0. The van der Waals surface area contributed by atoms with E-state index in [2.05, 4.69) is 9.97 Å². The van der Waals surface area contributed by atoms with Gasteiger partial charge in [-0.05, 0) is 49.6 Å². The number of aromatic amines is 1. The number of aromatic nitrogens is 2. The van der Waals surface area contributed by atoms with E-state index in [9.17, 15) is 18.0 Å². The molecule has 0 aliphatic heterocycles. The van der Waals surface area contributed by atoms with E-state index in [0.717, 1.165) is 0 Å². The Kier molecular flexibility index (Phi) is 5.47. The number of ether oxygens (including phenoxy) is 1. The third-order valence-electron chi connectivity index (χ3n) is 5.29.